The maximum atomic E-state index is 6.51. The van der Waals surface area contributed by atoms with Gasteiger partial charge in [-0.2, -0.15) is 0 Å². The molecule has 4 heteroatoms. The molecule has 0 saturated carbocycles. The second-order valence-electron chi connectivity index (χ2n) is 6.68. The zero-order valence-corrected chi connectivity index (χ0v) is 15.4. The Kier molecular flexibility index (Phi) is 7.88. The summed E-state index contributed by atoms with van der Waals surface area (Å²) in [6.45, 7) is 12.2. The number of nitrogens with zero attached hydrogens (tertiary/aromatic N) is 2. The molecule has 2 N–H and O–H groups in total. The van der Waals surface area contributed by atoms with E-state index in [2.05, 4.69) is 63.0 Å². The second kappa shape index (κ2) is 8.89. The molecule has 0 aromatic carbocycles. The molecule has 0 aliphatic rings. The van der Waals surface area contributed by atoms with Crippen LogP contribution < -0.4 is 5.73 Å². The lowest BCUT2D eigenvalue weighted by Gasteiger charge is -2.37. The van der Waals surface area contributed by atoms with Crippen molar-refractivity contribution in [2.75, 3.05) is 33.7 Å². The molecule has 0 aliphatic carbocycles. The summed E-state index contributed by atoms with van der Waals surface area (Å²) in [5.41, 5.74) is 7.89. The van der Waals surface area contributed by atoms with Crippen molar-refractivity contribution in [2.24, 2.45) is 11.7 Å². The standard InChI is InChI=1S/C17H33N3S/c1-7-15(18)16(17-14(4)8-11-21-17)20(12-13(2)3)10-9-19(5)6/h8,11,13,15-16H,7,9-10,12,18H2,1-6H3. The van der Waals surface area contributed by atoms with Crippen LogP contribution in [-0.4, -0.2) is 49.6 Å². The van der Waals surface area contributed by atoms with Gasteiger partial charge in [0, 0.05) is 30.6 Å². The minimum Gasteiger partial charge on any atom is -0.326 e. The molecule has 3 nitrogen and oxygen atoms in total. The summed E-state index contributed by atoms with van der Waals surface area (Å²) in [4.78, 5) is 6.30. The van der Waals surface area contributed by atoms with Crippen molar-refractivity contribution in [1.29, 1.82) is 0 Å². The Morgan fingerprint density at radius 3 is 2.33 bits per heavy atom. The Morgan fingerprint density at radius 1 is 1.24 bits per heavy atom. The third kappa shape index (κ3) is 5.70. The highest BCUT2D eigenvalue weighted by atomic mass is 32.1. The number of rotatable bonds is 9. The first kappa shape index (κ1) is 18.6. The van der Waals surface area contributed by atoms with Crippen molar-refractivity contribution >= 4 is 11.3 Å². The molecule has 0 saturated heterocycles. The summed E-state index contributed by atoms with van der Waals surface area (Å²) in [6, 6.07) is 2.76. The van der Waals surface area contributed by atoms with E-state index in [0.717, 1.165) is 26.1 Å². The van der Waals surface area contributed by atoms with Crippen LogP contribution >= 0.6 is 11.3 Å². The highest BCUT2D eigenvalue weighted by Crippen LogP contribution is 2.32. The van der Waals surface area contributed by atoms with Crippen LogP contribution in [0.15, 0.2) is 11.4 Å². The Labute approximate surface area is 135 Å². The first-order chi connectivity index (χ1) is 9.86. The van der Waals surface area contributed by atoms with Crippen molar-refractivity contribution in [3.8, 4) is 0 Å². The second-order valence-corrected chi connectivity index (χ2v) is 7.62. The van der Waals surface area contributed by atoms with Gasteiger partial charge in [-0.1, -0.05) is 20.8 Å². The summed E-state index contributed by atoms with van der Waals surface area (Å²) in [6.07, 6.45) is 1.01. The van der Waals surface area contributed by atoms with Gasteiger partial charge in [0.15, 0.2) is 0 Å². The quantitative estimate of drug-likeness (QED) is 0.759. The zero-order chi connectivity index (χ0) is 16.0. The lowest BCUT2D eigenvalue weighted by molar-refractivity contribution is 0.140. The number of hydrogen-bond acceptors (Lipinski definition) is 4. The van der Waals surface area contributed by atoms with E-state index in [4.69, 9.17) is 5.73 Å². The lowest BCUT2D eigenvalue weighted by Crippen LogP contribution is -2.44. The molecular formula is C17H33N3S. The fourth-order valence-electron chi connectivity index (χ4n) is 2.68. The number of thiophene rings is 1. The Hall–Kier alpha value is -0.420. The van der Waals surface area contributed by atoms with Crippen molar-refractivity contribution in [1.82, 2.24) is 9.80 Å². The van der Waals surface area contributed by atoms with Crippen LogP contribution in [0.5, 0.6) is 0 Å². The van der Waals surface area contributed by atoms with Crippen LogP contribution in [-0.2, 0) is 0 Å². The summed E-state index contributed by atoms with van der Waals surface area (Å²) < 4.78 is 0. The van der Waals surface area contributed by atoms with E-state index in [1.807, 2.05) is 11.3 Å². The molecule has 0 fully saturated rings. The maximum Gasteiger partial charge on any atom is 0.0596 e. The molecule has 1 aromatic heterocycles. The molecule has 122 valence electrons. The summed E-state index contributed by atoms with van der Waals surface area (Å²) in [7, 11) is 4.28. The van der Waals surface area contributed by atoms with Gasteiger partial charge in [-0.15, -0.1) is 11.3 Å². The first-order valence-electron chi connectivity index (χ1n) is 8.05. The van der Waals surface area contributed by atoms with Crippen molar-refractivity contribution in [2.45, 2.75) is 46.2 Å². The monoisotopic (exact) mass is 311 g/mol. The van der Waals surface area contributed by atoms with Gasteiger partial charge in [-0.05, 0) is 50.4 Å². The zero-order valence-electron chi connectivity index (χ0n) is 14.6. The van der Waals surface area contributed by atoms with Crippen LogP contribution in [0, 0.1) is 12.8 Å². The van der Waals surface area contributed by atoms with E-state index in [9.17, 15) is 0 Å². The van der Waals surface area contributed by atoms with Crippen LogP contribution in [0.4, 0.5) is 0 Å². The molecule has 0 aliphatic heterocycles. The molecule has 0 bridgehead atoms. The fraction of sp³-hybridized carbons (Fsp3) is 0.765. The van der Waals surface area contributed by atoms with Gasteiger partial charge < -0.3 is 10.6 Å². The van der Waals surface area contributed by atoms with Gasteiger partial charge in [0.05, 0.1) is 6.04 Å². The van der Waals surface area contributed by atoms with Gasteiger partial charge >= 0.3 is 0 Å². The topological polar surface area (TPSA) is 32.5 Å². The minimum absolute atomic E-state index is 0.197. The third-order valence-electron chi connectivity index (χ3n) is 3.87. The smallest absolute Gasteiger partial charge is 0.0596 e. The molecule has 21 heavy (non-hydrogen) atoms. The van der Waals surface area contributed by atoms with Crippen LogP contribution in [0.2, 0.25) is 0 Å². The van der Waals surface area contributed by atoms with E-state index in [0.29, 0.717) is 12.0 Å². The number of nitrogens with two attached hydrogens (primary N) is 1. The highest BCUT2D eigenvalue weighted by Gasteiger charge is 2.28. The van der Waals surface area contributed by atoms with Crippen molar-refractivity contribution < 1.29 is 0 Å². The Bertz CT molecular complexity index is 400. The van der Waals surface area contributed by atoms with Crippen LogP contribution in [0.25, 0.3) is 0 Å². The Balaban J connectivity index is 3.01. The normalized spacial score (nSPS) is 15.1. The number of aryl methyl sites for hydroxylation is 1. The highest BCUT2D eigenvalue weighted by molar-refractivity contribution is 7.10. The number of likely N-dealkylation sites (N-methyl/N-ethyl adjacent to an activating group) is 1. The molecule has 1 rings (SSSR count). The van der Waals surface area contributed by atoms with Gasteiger partial charge in [0.25, 0.3) is 0 Å². The third-order valence-corrected chi connectivity index (χ3v) is 4.96. The van der Waals surface area contributed by atoms with E-state index in [1.165, 1.54) is 10.4 Å². The fourth-order valence-corrected chi connectivity index (χ4v) is 3.82. The summed E-state index contributed by atoms with van der Waals surface area (Å²) in [5, 5.41) is 2.19. The average molecular weight is 312 g/mol. The minimum atomic E-state index is 0.197. The predicted octanol–water partition coefficient (Wildman–Crippen LogP) is 3.35. The van der Waals surface area contributed by atoms with Gasteiger partial charge in [0.1, 0.15) is 0 Å². The van der Waals surface area contributed by atoms with E-state index >= 15 is 0 Å². The lowest BCUT2D eigenvalue weighted by atomic mass is 9.99. The maximum absolute atomic E-state index is 6.51. The first-order valence-corrected chi connectivity index (χ1v) is 8.93. The molecule has 1 aromatic rings. The van der Waals surface area contributed by atoms with Crippen molar-refractivity contribution in [3.63, 3.8) is 0 Å². The van der Waals surface area contributed by atoms with Crippen LogP contribution in [0.1, 0.15) is 43.7 Å². The average Bonchev–Trinajstić information content (AvgIpc) is 2.81. The summed E-state index contributed by atoms with van der Waals surface area (Å²) in [5.74, 6) is 0.652. The van der Waals surface area contributed by atoms with Crippen molar-refractivity contribution in [3.05, 3.63) is 21.9 Å². The molecule has 0 radical (unpaired) electrons. The van der Waals surface area contributed by atoms with Gasteiger partial charge in [-0.3, -0.25) is 4.90 Å². The van der Waals surface area contributed by atoms with Gasteiger partial charge in [0.2, 0.25) is 0 Å². The molecule has 1 heterocycles. The molecule has 0 amide bonds. The molecule has 2 unspecified atom stereocenters. The molecule has 2 atom stereocenters. The van der Waals surface area contributed by atoms with E-state index in [-0.39, 0.29) is 6.04 Å². The predicted molar refractivity (Wildman–Crippen MR) is 95.0 cm³/mol. The van der Waals surface area contributed by atoms with Crippen LogP contribution in [0.3, 0.4) is 0 Å². The number of hydrogen-bond donors (Lipinski definition) is 1. The van der Waals surface area contributed by atoms with E-state index in [1.54, 1.807) is 0 Å². The molecular weight excluding hydrogens is 278 g/mol. The van der Waals surface area contributed by atoms with Gasteiger partial charge in [-0.25, -0.2) is 0 Å². The van der Waals surface area contributed by atoms with E-state index < -0.39 is 0 Å². The Morgan fingerprint density at radius 2 is 1.90 bits per heavy atom. The summed E-state index contributed by atoms with van der Waals surface area (Å²) >= 11 is 1.86. The SMILES string of the molecule is CCC(N)C(c1sccc1C)N(CCN(C)C)CC(C)C. The largest absolute Gasteiger partial charge is 0.326 e. The molecule has 0 spiro atoms.